The summed E-state index contributed by atoms with van der Waals surface area (Å²) in [5.74, 6) is 0. The number of benzene rings is 1. The molecule has 1 radical (unpaired) electrons. The lowest BCUT2D eigenvalue weighted by Crippen LogP contribution is -2.48. The first-order valence-corrected chi connectivity index (χ1v) is 9.00. The van der Waals surface area contributed by atoms with E-state index < -0.39 is 8.80 Å². The zero-order valence-electron chi connectivity index (χ0n) is 12.2. The van der Waals surface area contributed by atoms with E-state index in [4.69, 9.17) is 9.31 Å². The maximum absolute atomic E-state index is 6.14. The van der Waals surface area contributed by atoms with Crippen LogP contribution in [-0.4, -0.2) is 27.1 Å². The van der Waals surface area contributed by atoms with Gasteiger partial charge >= 0.3 is 7.12 Å². The second kappa shape index (κ2) is 4.51. The Labute approximate surface area is 112 Å². The molecule has 0 amide bonds. The lowest BCUT2D eigenvalue weighted by molar-refractivity contribution is 0.00578. The molecule has 4 heteroatoms. The van der Waals surface area contributed by atoms with Gasteiger partial charge in [0.1, 0.15) is 0 Å². The van der Waals surface area contributed by atoms with Gasteiger partial charge in [0.05, 0.1) is 20.0 Å². The standard InChI is InChI=1S/C14H22BO2Si/c1-13(2)14(3,4)17-15(16-13)11-9-7-8-10-12(11)18(5)6/h7-10H,1-6H3. The van der Waals surface area contributed by atoms with Gasteiger partial charge < -0.3 is 9.31 Å². The van der Waals surface area contributed by atoms with Gasteiger partial charge in [-0.15, -0.1) is 0 Å². The van der Waals surface area contributed by atoms with Crippen LogP contribution in [-0.2, 0) is 9.31 Å². The second-order valence-corrected chi connectivity index (χ2v) is 8.71. The van der Waals surface area contributed by atoms with E-state index in [2.05, 4.69) is 65.1 Å². The normalized spacial score (nSPS) is 21.6. The van der Waals surface area contributed by atoms with Crippen molar-refractivity contribution in [1.82, 2.24) is 0 Å². The molecule has 18 heavy (non-hydrogen) atoms. The van der Waals surface area contributed by atoms with Gasteiger partial charge in [-0.05, 0) is 33.2 Å². The maximum atomic E-state index is 6.14. The average Bonchev–Trinajstić information content (AvgIpc) is 2.48. The van der Waals surface area contributed by atoms with Gasteiger partial charge in [0.2, 0.25) is 0 Å². The molecule has 1 heterocycles. The summed E-state index contributed by atoms with van der Waals surface area (Å²) < 4.78 is 12.3. The first-order chi connectivity index (χ1) is 8.24. The van der Waals surface area contributed by atoms with Crippen LogP contribution in [0.1, 0.15) is 27.7 Å². The van der Waals surface area contributed by atoms with Crippen LogP contribution < -0.4 is 10.6 Å². The number of hydrogen-bond donors (Lipinski definition) is 0. The monoisotopic (exact) mass is 261 g/mol. The molecule has 1 aliphatic rings. The Morgan fingerprint density at radius 1 is 0.944 bits per heavy atom. The summed E-state index contributed by atoms with van der Waals surface area (Å²) in [7, 11) is -0.743. The molecule has 97 valence electrons. The van der Waals surface area contributed by atoms with Gasteiger partial charge in [-0.25, -0.2) is 0 Å². The minimum absolute atomic E-state index is 0.230. The third kappa shape index (κ3) is 2.29. The van der Waals surface area contributed by atoms with Gasteiger partial charge in [0, 0.05) is 0 Å². The predicted octanol–water partition coefficient (Wildman–Crippen LogP) is 1.95. The Balaban J connectivity index is 2.35. The summed E-state index contributed by atoms with van der Waals surface area (Å²) in [6.07, 6.45) is 0. The van der Waals surface area contributed by atoms with Crippen molar-refractivity contribution >= 4 is 26.6 Å². The fourth-order valence-corrected chi connectivity index (χ4v) is 3.34. The first-order valence-electron chi connectivity index (χ1n) is 6.50. The molecular formula is C14H22BO2Si. The Kier molecular flexibility index (Phi) is 3.47. The quantitative estimate of drug-likeness (QED) is 0.758. The van der Waals surface area contributed by atoms with E-state index in [9.17, 15) is 0 Å². The van der Waals surface area contributed by atoms with Crippen LogP contribution >= 0.6 is 0 Å². The minimum atomic E-state index is -0.512. The fourth-order valence-electron chi connectivity index (χ4n) is 2.13. The fraction of sp³-hybridized carbons (Fsp3) is 0.571. The maximum Gasteiger partial charge on any atom is 0.494 e. The molecule has 2 nitrogen and oxygen atoms in total. The number of rotatable bonds is 2. The Morgan fingerprint density at radius 3 is 1.94 bits per heavy atom. The van der Waals surface area contributed by atoms with E-state index in [1.807, 2.05) is 0 Å². The second-order valence-electron chi connectivity index (χ2n) is 6.18. The van der Waals surface area contributed by atoms with Gasteiger partial charge in [-0.2, -0.15) is 0 Å². The van der Waals surface area contributed by atoms with Crippen molar-refractivity contribution in [3.05, 3.63) is 24.3 Å². The van der Waals surface area contributed by atoms with Crippen molar-refractivity contribution in [3.8, 4) is 0 Å². The van der Waals surface area contributed by atoms with Crippen LogP contribution in [0.25, 0.3) is 0 Å². The van der Waals surface area contributed by atoms with Crippen LogP contribution in [0.15, 0.2) is 24.3 Å². The summed E-state index contributed by atoms with van der Waals surface area (Å²) in [5, 5.41) is 1.40. The molecule has 0 atom stereocenters. The van der Waals surface area contributed by atoms with E-state index in [1.165, 1.54) is 10.6 Å². The summed E-state index contributed by atoms with van der Waals surface area (Å²) in [5.41, 5.74) is 0.674. The lowest BCUT2D eigenvalue weighted by atomic mass is 9.79. The summed E-state index contributed by atoms with van der Waals surface area (Å²) in [4.78, 5) is 0. The Hall–Kier alpha value is -0.578. The first kappa shape index (κ1) is 13.8. The highest BCUT2D eigenvalue weighted by Crippen LogP contribution is 2.36. The molecule has 0 saturated carbocycles. The van der Waals surface area contributed by atoms with Crippen LogP contribution in [0.3, 0.4) is 0 Å². The molecule has 1 aliphatic heterocycles. The predicted molar refractivity (Wildman–Crippen MR) is 79.3 cm³/mol. The zero-order chi connectivity index (χ0) is 13.6. The van der Waals surface area contributed by atoms with E-state index in [1.54, 1.807) is 0 Å². The van der Waals surface area contributed by atoms with Gasteiger partial charge in [0.25, 0.3) is 0 Å². The van der Waals surface area contributed by atoms with E-state index in [-0.39, 0.29) is 18.3 Å². The molecule has 1 aromatic carbocycles. The lowest BCUT2D eigenvalue weighted by Gasteiger charge is -2.32. The SMILES string of the molecule is C[Si](C)c1ccccc1B1OC(C)(C)C(C)(C)O1. The van der Waals surface area contributed by atoms with Crippen LogP contribution in [0.4, 0.5) is 0 Å². The van der Waals surface area contributed by atoms with Crippen molar-refractivity contribution in [2.75, 3.05) is 0 Å². The van der Waals surface area contributed by atoms with Gasteiger partial charge in [0.15, 0.2) is 0 Å². The summed E-state index contributed by atoms with van der Waals surface area (Å²) >= 11 is 0. The van der Waals surface area contributed by atoms with Crippen LogP contribution in [0, 0.1) is 0 Å². The molecule has 0 spiro atoms. The Bertz CT molecular complexity index is 427. The molecule has 1 fully saturated rings. The molecular weight excluding hydrogens is 239 g/mol. The molecule has 1 saturated heterocycles. The molecule has 0 aromatic heterocycles. The smallest absolute Gasteiger partial charge is 0.399 e. The number of hydrogen-bond acceptors (Lipinski definition) is 2. The Morgan fingerprint density at radius 2 is 1.44 bits per heavy atom. The van der Waals surface area contributed by atoms with E-state index in [0.717, 1.165) is 0 Å². The highest BCUT2D eigenvalue weighted by Gasteiger charge is 2.52. The zero-order valence-corrected chi connectivity index (χ0v) is 13.2. The van der Waals surface area contributed by atoms with Gasteiger partial charge in [-0.1, -0.05) is 42.5 Å². The van der Waals surface area contributed by atoms with Crippen LogP contribution in [0.2, 0.25) is 13.1 Å². The molecule has 0 unspecified atom stereocenters. The third-order valence-electron chi connectivity index (χ3n) is 4.01. The largest absolute Gasteiger partial charge is 0.494 e. The van der Waals surface area contributed by atoms with Crippen molar-refractivity contribution in [1.29, 1.82) is 0 Å². The minimum Gasteiger partial charge on any atom is -0.399 e. The molecule has 0 N–H and O–H groups in total. The average molecular weight is 261 g/mol. The molecule has 1 aromatic rings. The third-order valence-corrected chi connectivity index (χ3v) is 5.54. The molecule has 0 aliphatic carbocycles. The highest BCUT2D eigenvalue weighted by molar-refractivity contribution is 6.79. The van der Waals surface area contributed by atoms with E-state index in [0.29, 0.717) is 0 Å². The van der Waals surface area contributed by atoms with E-state index >= 15 is 0 Å². The van der Waals surface area contributed by atoms with Crippen molar-refractivity contribution < 1.29 is 9.31 Å². The molecule has 2 rings (SSSR count). The van der Waals surface area contributed by atoms with Gasteiger partial charge in [-0.3, -0.25) is 0 Å². The summed E-state index contributed by atoms with van der Waals surface area (Å²) in [6.45, 7) is 13.0. The molecule has 0 bridgehead atoms. The summed E-state index contributed by atoms with van der Waals surface area (Å²) in [6, 6.07) is 8.50. The van der Waals surface area contributed by atoms with Crippen molar-refractivity contribution in [3.63, 3.8) is 0 Å². The van der Waals surface area contributed by atoms with Crippen molar-refractivity contribution in [2.45, 2.75) is 52.0 Å². The topological polar surface area (TPSA) is 18.5 Å². The van der Waals surface area contributed by atoms with Crippen LogP contribution in [0.5, 0.6) is 0 Å². The van der Waals surface area contributed by atoms with Crippen molar-refractivity contribution in [2.24, 2.45) is 0 Å². The highest BCUT2D eigenvalue weighted by atomic mass is 28.3.